The Bertz CT molecular complexity index is 1140. The van der Waals surface area contributed by atoms with Crippen molar-refractivity contribution in [2.24, 2.45) is 5.92 Å². The summed E-state index contributed by atoms with van der Waals surface area (Å²) in [5, 5.41) is 2.97. The fourth-order valence-electron chi connectivity index (χ4n) is 5.96. The summed E-state index contributed by atoms with van der Waals surface area (Å²) >= 11 is 0. The van der Waals surface area contributed by atoms with E-state index in [0.717, 1.165) is 49.1 Å². The average Bonchev–Trinajstić information content (AvgIpc) is 3.35. The third-order valence-electron chi connectivity index (χ3n) is 7.94. The fourth-order valence-corrected chi connectivity index (χ4v) is 5.96. The molecule has 1 amide bonds. The Morgan fingerprint density at radius 2 is 1.84 bits per heavy atom. The molecule has 1 saturated carbocycles. The van der Waals surface area contributed by atoms with E-state index >= 15 is 0 Å². The first kappa shape index (κ1) is 28.1. The Morgan fingerprint density at radius 3 is 2.55 bits per heavy atom. The highest BCUT2D eigenvalue weighted by Gasteiger charge is 2.30. The van der Waals surface area contributed by atoms with Gasteiger partial charge in [0.1, 0.15) is 11.6 Å². The molecule has 2 fully saturated rings. The zero-order valence-electron chi connectivity index (χ0n) is 22.8. The predicted molar refractivity (Wildman–Crippen MR) is 147 cm³/mol. The van der Waals surface area contributed by atoms with Gasteiger partial charge in [-0.3, -0.25) is 9.69 Å². The van der Waals surface area contributed by atoms with Gasteiger partial charge < -0.3 is 14.8 Å². The highest BCUT2D eigenvalue weighted by Crippen LogP contribution is 2.37. The second-order valence-electron chi connectivity index (χ2n) is 10.7. The maximum Gasteiger partial charge on any atom is 0.251 e. The van der Waals surface area contributed by atoms with Gasteiger partial charge in [0.25, 0.3) is 5.91 Å². The van der Waals surface area contributed by atoms with Crippen molar-refractivity contribution < 1.29 is 23.0 Å². The molecule has 0 bridgehead atoms. The van der Waals surface area contributed by atoms with E-state index in [2.05, 4.69) is 10.2 Å². The predicted octanol–water partition coefficient (Wildman–Crippen LogP) is 6.40. The lowest BCUT2D eigenvalue weighted by molar-refractivity contribution is 0.0955. The summed E-state index contributed by atoms with van der Waals surface area (Å²) < 4.78 is 38.6. The molecule has 0 unspecified atom stereocenters. The summed E-state index contributed by atoms with van der Waals surface area (Å²) in [6.07, 6.45) is 11.2. The molecule has 1 saturated heterocycles. The van der Waals surface area contributed by atoms with E-state index in [9.17, 15) is 13.6 Å². The number of nitrogens with one attached hydrogen (secondary N) is 1. The molecule has 1 aliphatic carbocycles. The van der Waals surface area contributed by atoms with Gasteiger partial charge in [-0.2, -0.15) is 0 Å². The zero-order valence-corrected chi connectivity index (χ0v) is 22.8. The van der Waals surface area contributed by atoms with E-state index in [1.165, 1.54) is 44.2 Å². The minimum atomic E-state index is -0.632. The summed E-state index contributed by atoms with van der Waals surface area (Å²) in [6.45, 7) is 4.27. The topological polar surface area (TPSA) is 50.8 Å². The Hall–Kier alpha value is -2.93. The smallest absolute Gasteiger partial charge is 0.251 e. The second-order valence-corrected chi connectivity index (χ2v) is 10.7. The minimum absolute atomic E-state index is 0.217. The van der Waals surface area contributed by atoms with E-state index < -0.39 is 11.6 Å². The first-order valence-electron chi connectivity index (χ1n) is 13.8. The molecule has 0 spiro atoms. The molecule has 1 aliphatic heterocycles. The van der Waals surface area contributed by atoms with Crippen LogP contribution in [0.25, 0.3) is 6.08 Å². The number of carbonyl (C=O) groups is 1. The molecule has 38 heavy (non-hydrogen) atoms. The van der Waals surface area contributed by atoms with Gasteiger partial charge in [-0.15, -0.1) is 0 Å². The Labute approximate surface area is 225 Å². The summed E-state index contributed by atoms with van der Waals surface area (Å²) in [5.74, 6) is 0.507. The normalized spacial score (nSPS) is 19.0. The molecule has 4 rings (SSSR count). The van der Waals surface area contributed by atoms with Crippen LogP contribution in [0.4, 0.5) is 8.78 Å². The molecule has 1 heterocycles. The van der Waals surface area contributed by atoms with Crippen molar-refractivity contribution in [3.63, 3.8) is 0 Å². The number of carbonyl (C=O) groups excluding carboxylic acids is 1. The number of likely N-dealkylation sites (tertiary alicyclic amines) is 1. The zero-order chi connectivity index (χ0) is 27.1. The van der Waals surface area contributed by atoms with Crippen molar-refractivity contribution in [2.45, 2.75) is 64.3 Å². The van der Waals surface area contributed by atoms with Crippen molar-refractivity contribution in [1.29, 1.82) is 0 Å². The van der Waals surface area contributed by atoms with Gasteiger partial charge in [-0.1, -0.05) is 30.9 Å². The van der Waals surface area contributed by atoms with Crippen molar-refractivity contribution in [1.82, 2.24) is 10.2 Å². The summed E-state index contributed by atoms with van der Waals surface area (Å²) in [4.78, 5) is 16.0. The molecule has 2 aromatic carbocycles. The van der Waals surface area contributed by atoms with Crippen molar-refractivity contribution >= 4 is 12.0 Å². The highest BCUT2D eigenvalue weighted by molar-refractivity contribution is 5.97. The van der Waals surface area contributed by atoms with Crippen LogP contribution in [0.5, 0.6) is 11.5 Å². The van der Waals surface area contributed by atoms with Gasteiger partial charge in [0.2, 0.25) is 0 Å². The van der Waals surface area contributed by atoms with E-state index in [1.807, 2.05) is 0 Å². The Balaban J connectivity index is 1.51. The standard InChI is InChI=1S/C31H40F2N2O3/c1-21(16-23-11-12-24(32)17-28(23)33)19-34-31(36)26-13-14-29(37-2)30(38-3)27(26)18-25-10-7-15-35(25)20-22-8-5-4-6-9-22/h11-14,16-17,22,25H,4-10,15,18-20H2,1-3H3,(H,34,36)/t25-/m0/s1. The molecule has 0 radical (unpaired) electrons. The average molecular weight is 527 g/mol. The van der Waals surface area contributed by atoms with Crippen LogP contribution in [-0.2, 0) is 6.42 Å². The third kappa shape index (κ3) is 6.93. The largest absolute Gasteiger partial charge is 0.493 e. The quantitative estimate of drug-likeness (QED) is 0.389. The Kier molecular flexibility index (Phi) is 9.78. The maximum atomic E-state index is 14.1. The molecule has 2 aromatic rings. The SMILES string of the molecule is COc1ccc(C(=O)NCC(C)=Cc2ccc(F)cc2F)c(C[C@@H]2CCCN2CC2CCCCC2)c1OC. The summed E-state index contributed by atoms with van der Waals surface area (Å²) in [7, 11) is 3.22. The van der Waals surface area contributed by atoms with Crippen LogP contribution in [0.2, 0.25) is 0 Å². The molecule has 5 nitrogen and oxygen atoms in total. The number of rotatable bonds is 10. The van der Waals surface area contributed by atoms with Gasteiger partial charge in [0.15, 0.2) is 11.5 Å². The number of amides is 1. The van der Waals surface area contributed by atoms with E-state index in [-0.39, 0.29) is 18.0 Å². The van der Waals surface area contributed by atoms with Crippen LogP contribution in [0.1, 0.15) is 73.4 Å². The van der Waals surface area contributed by atoms with Gasteiger partial charge in [0.05, 0.1) is 14.2 Å². The monoisotopic (exact) mass is 526 g/mol. The molecular formula is C31H40F2N2O3. The van der Waals surface area contributed by atoms with Crippen molar-refractivity contribution in [3.8, 4) is 11.5 Å². The second kappa shape index (κ2) is 13.2. The number of benzene rings is 2. The van der Waals surface area contributed by atoms with Crippen LogP contribution < -0.4 is 14.8 Å². The molecule has 2 aliphatic rings. The van der Waals surface area contributed by atoms with Crippen LogP contribution in [0.15, 0.2) is 35.9 Å². The van der Waals surface area contributed by atoms with Crippen LogP contribution in [-0.4, -0.2) is 50.7 Å². The maximum absolute atomic E-state index is 14.1. The Morgan fingerprint density at radius 1 is 1.05 bits per heavy atom. The number of ether oxygens (including phenoxy) is 2. The van der Waals surface area contributed by atoms with Crippen LogP contribution in [0.3, 0.4) is 0 Å². The lowest BCUT2D eigenvalue weighted by atomic mass is 9.88. The molecule has 7 heteroatoms. The van der Waals surface area contributed by atoms with Crippen molar-refractivity contribution in [2.75, 3.05) is 33.9 Å². The minimum Gasteiger partial charge on any atom is -0.493 e. The van der Waals surface area contributed by atoms with Crippen molar-refractivity contribution in [3.05, 3.63) is 64.2 Å². The number of methoxy groups -OCH3 is 2. The molecule has 0 aromatic heterocycles. The number of halogens is 2. The van der Waals surface area contributed by atoms with Gasteiger partial charge in [0, 0.05) is 41.9 Å². The lowest BCUT2D eigenvalue weighted by Gasteiger charge is -2.31. The molecule has 1 atom stereocenters. The summed E-state index contributed by atoms with van der Waals surface area (Å²) in [5.41, 5.74) is 2.45. The first-order valence-corrected chi connectivity index (χ1v) is 13.8. The van der Waals surface area contributed by atoms with Gasteiger partial charge in [-0.25, -0.2) is 8.78 Å². The van der Waals surface area contributed by atoms with Gasteiger partial charge >= 0.3 is 0 Å². The van der Waals surface area contributed by atoms with Crippen LogP contribution >= 0.6 is 0 Å². The highest BCUT2D eigenvalue weighted by atomic mass is 19.1. The summed E-state index contributed by atoms with van der Waals surface area (Å²) in [6, 6.07) is 7.38. The molecule has 206 valence electrons. The lowest BCUT2D eigenvalue weighted by Crippen LogP contribution is -2.36. The number of hydrogen-bond acceptors (Lipinski definition) is 4. The van der Waals surface area contributed by atoms with Crippen LogP contribution in [0, 0.1) is 17.6 Å². The first-order chi connectivity index (χ1) is 18.4. The molecular weight excluding hydrogens is 486 g/mol. The van der Waals surface area contributed by atoms with E-state index in [0.29, 0.717) is 29.5 Å². The van der Waals surface area contributed by atoms with E-state index in [1.54, 1.807) is 39.4 Å². The number of nitrogens with zero attached hydrogens (tertiary/aromatic N) is 1. The third-order valence-corrected chi connectivity index (χ3v) is 7.94. The number of hydrogen-bond donors (Lipinski definition) is 1. The van der Waals surface area contributed by atoms with Gasteiger partial charge in [-0.05, 0) is 75.8 Å². The fraction of sp³-hybridized carbons (Fsp3) is 0.516. The van der Waals surface area contributed by atoms with E-state index in [4.69, 9.17) is 9.47 Å². The molecule has 1 N–H and O–H groups in total.